The molecule has 112 valence electrons. The van der Waals surface area contributed by atoms with Gasteiger partial charge in [-0.15, -0.1) is 0 Å². The number of nitrogens with zero attached hydrogens (tertiary/aromatic N) is 1. The number of amides is 1. The van der Waals surface area contributed by atoms with Gasteiger partial charge in [0.05, 0.1) is 0 Å². The van der Waals surface area contributed by atoms with E-state index in [1.54, 1.807) is 19.2 Å². The Morgan fingerprint density at radius 1 is 1.09 bits per heavy atom. The molecule has 3 rings (SSSR count). The van der Waals surface area contributed by atoms with Crippen molar-refractivity contribution in [3.8, 4) is 11.1 Å². The number of ether oxygens (including phenoxy) is 1. The largest absolute Gasteiger partial charge is 0.370 e. The van der Waals surface area contributed by atoms with Crippen LogP contribution in [0.4, 0.5) is 0 Å². The molecule has 0 radical (unpaired) electrons. The molecule has 0 saturated heterocycles. The van der Waals surface area contributed by atoms with Crippen LogP contribution in [-0.2, 0) is 10.3 Å². The third-order valence-corrected chi connectivity index (χ3v) is 4.15. The topological polar surface area (TPSA) is 90.7 Å². The molecule has 4 N–H and O–H groups in total. The summed E-state index contributed by atoms with van der Waals surface area (Å²) >= 11 is 0. The van der Waals surface area contributed by atoms with Crippen molar-refractivity contribution in [3.05, 3.63) is 59.2 Å². The number of nitrogens with two attached hydrogens (primary N) is 2. The standard InChI is InChI=1S/C17H17N3O2/c1-17(22-2)13-6-4-3-5-11(13)12-8-7-10(9-14(12)17)15(21)20-16(18)19/h3-9H,1-2H3,(H4,18,19,20,21). The molecule has 1 unspecified atom stereocenters. The first kappa shape index (κ1) is 14.3. The van der Waals surface area contributed by atoms with E-state index in [9.17, 15) is 4.79 Å². The van der Waals surface area contributed by atoms with Crippen LogP contribution >= 0.6 is 0 Å². The fourth-order valence-corrected chi connectivity index (χ4v) is 2.99. The molecule has 22 heavy (non-hydrogen) atoms. The minimum absolute atomic E-state index is 0.247. The van der Waals surface area contributed by atoms with Crippen molar-refractivity contribution in [2.45, 2.75) is 12.5 Å². The second kappa shape index (κ2) is 4.96. The van der Waals surface area contributed by atoms with E-state index in [1.807, 2.05) is 31.2 Å². The van der Waals surface area contributed by atoms with Gasteiger partial charge in [0.25, 0.3) is 5.91 Å². The predicted octanol–water partition coefficient (Wildman–Crippen LogP) is 1.99. The van der Waals surface area contributed by atoms with Crippen molar-refractivity contribution < 1.29 is 9.53 Å². The number of guanidine groups is 1. The minimum atomic E-state index is -0.597. The molecule has 1 atom stereocenters. The summed E-state index contributed by atoms with van der Waals surface area (Å²) in [6.45, 7) is 1.99. The third-order valence-electron chi connectivity index (χ3n) is 4.15. The van der Waals surface area contributed by atoms with Gasteiger partial charge >= 0.3 is 0 Å². The van der Waals surface area contributed by atoms with Crippen molar-refractivity contribution in [1.82, 2.24) is 0 Å². The van der Waals surface area contributed by atoms with Crippen LogP contribution in [0, 0.1) is 0 Å². The fourth-order valence-electron chi connectivity index (χ4n) is 2.99. The Morgan fingerprint density at radius 3 is 2.45 bits per heavy atom. The summed E-state index contributed by atoms with van der Waals surface area (Å²) in [4.78, 5) is 15.6. The molecule has 1 aliphatic carbocycles. The normalized spacial score (nSPS) is 18.5. The van der Waals surface area contributed by atoms with Crippen LogP contribution in [0.2, 0.25) is 0 Å². The van der Waals surface area contributed by atoms with Gasteiger partial charge in [0, 0.05) is 12.7 Å². The van der Waals surface area contributed by atoms with Crippen molar-refractivity contribution in [2.24, 2.45) is 16.5 Å². The molecule has 0 aromatic heterocycles. The van der Waals surface area contributed by atoms with Gasteiger partial charge in [0.15, 0.2) is 5.96 Å². The van der Waals surface area contributed by atoms with Crippen LogP contribution in [0.3, 0.4) is 0 Å². The van der Waals surface area contributed by atoms with Gasteiger partial charge in [-0.3, -0.25) is 4.79 Å². The lowest BCUT2D eigenvalue weighted by Gasteiger charge is -2.25. The lowest BCUT2D eigenvalue weighted by molar-refractivity contribution is 0.0430. The Labute approximate surface area is 128 Å². The first-order valence-electron chi connectivity index (χ1n) is 6.91. The minimum Gasteiger partial charge on any atom is -0.370 e. The molecule has 5 nitrogen and oxygen atoms in total. The van der Waals surface area contributed by atoms with Crippen LogP contribution in [0.15, 0.2) is 47.5 Å². The zero-order valence-electron chi connectivity index (χ0n) is 12.5. The molecule has 5 heteroatoms. The van der Waals surface area contributed by atoms with Gasteiger partial charge in [-0.2, -0.15) is 4.99 Å². The van der Waals surface area contributed by atoms with E-state index in [4.69, 9.17) is 16.2 Å². The Hall–Kier alpha value is -2.66. The average molecular weight is 295 g/mol. The molecule has 0 saturated carbocycles. The lowest BCUT2D eigenvalue weighted by Crippen LogP contribution is -2.25. The molecule has 0 fully saturated rings. The van der Waals surface area contributed by atoms with Crippen molar-refractivity contribution in [1.29, 1.82) is 0 Å². The first-order valence-corrected chi connectivity index (χ1v) is 6.91. The number of hydrogen-bond donors (Lipinski definition) is 2. The van der Waals surface area contributed by atoms with E-state index in [0.29, 0.717) is 5.56 Å². The van der Waals surface area contributed by atoms with Crippen LogP contribution in [0.25, 0.3) is 11.1 Å². The molecule has 0 spiro atoms. The van der Waals surface area contributed by atoms with E-state index >= 15 is 0 Å². The maximum Gasteiger partial charge on any atom is 0.280 e. The molecular weight excluding hydrogens is 278 g/mol. The molecule has 0 heterocycles. The second-order valence-corrected chi connectivity index (χ2v) is 5.39. The summed E-state index contributed by atoms with van der Waals surface area (Å²) in [5, 5.41) is 0. The van der Waals surface area contributed by atoms with E-state index in [2.05, 4.69) is 11.1 Å². The van der Waals surface area contributed by atoms with Gasteiger partial charge in [0.1, 0.15) is 5.60 Å². The Balaban J connectivity index is 2.19. The maximum atomic E-state index is 12.0. The highest BCUT2D eigenvalue weighted by atomic mass is 16.5. The molecule has 0 aliphatic heterocycles. The molecular formula is C17H17N3O2. The lowest BCUT2D eigenvalue weighted by atomic mass is 9.92. The smallest absolute Gasteiger partial charge is 0.280 e. The third kappa shape index (κ3) is 1.98. The molecule has 1 aliphatic rings. The van der Waals surface area contributed by atoms with Crippen LogP contribution in [0.1, 0.15) is 28.4 Å². The number of carbonyl (C=O) groups excluding carboxylic acids is 1. The highest BCUT2D eigenvalue weighted by Gasteiger charge is 2.39. The number of aliphatic imine (C=N–C) groups is 1. The van der Waals surface area contributed by atoms with E-state index in [0.717, 1.165) is 22.3 Å². The second-order valence-electron chi connectivity index (χ2n) is 5.39. The van der Waals surface area contributed by atoms with E-state index in [1.165, 1.54) is 0 Å². The Morgan fingerprint density at radius 2 is 1.77 bits per heavy atom. The van der Waals surface area contributed by atoms with E-state index in [-0.39, 0.29) is 5.96 Å². The van der Waals surface area contributed by atoms with Crippen molar-refractivity contribution >= 4 is 11.9 Å². The van der Waals surface area contributed by atoms with Gasteiger partial charge in [-0.1, -0.05) is 30.3 Å². The predicted molar refractivity (Wildman–Crippen MR) is 85.5 cm³/mol. The zero-order chi connectivity index (χ0) is 15.9. The summed E-state index contributed by atoms with van der Waals surface area (Å²) in [5.74, 6) is -0.708. The quantitative estimate of drug-likeness (QED) is 0.655. The van der Waals surface area contributed by atoms with Crippen LogP contribution in [-0.4, -0.2) is 19.0 Å². The SMILES string of the molecule is COC1(C)c2ccccc2-c2ccc(C(=O)N=C(N)N)cc21. The van der Waals surface area contributed by atoms with Gasteiger partial charge in [0.2, 0.25) is 0 Å². The Bertz CT molecular complexity index is 794. The summed E-state index contributed by atoms with van der Waals surface area (Å²) in [6.07, 6.45) is 0. The molecule has 2 aromatic rings. The maximum absolute atomic E-state index is 12.0. The summed E-state index contributed by atoms with van der Waals surface area (Å²) in [5.41, 5.74) is 14.6. The molecule has 0 bridgehead atoms. The summed E-state index contributed by atoms with van der Waals surface area (Å²) in [7, 11) is 1.66. The number of hydrogen-bond acceptors (Lipinski definition) is 2. The summed E-state index contributed by atoms with van der Waals surface area (Å²) < 4.78 is 5.77. The Kier molecular flexibility index (Phi) is 3.22. The average Bonchev–Trinajstić information content (AvgIpc) is 2.77. The zero-order valence-corrected chi connectivity index (χ0v) is 12.5. The monoisotopic (exact) mass is 295 g/mol. The fraction of sp³-hybridized carbons (Fsp3) is 0.176. The number of carbonyl (C=O) groups is 1. The van der Waals surface area contributed by atoms with E-state index < -0.39 is 11.5 Å². The first-order chi connectivity index (χ1) is 10.5. The van der Waals surface area contributed by atoms with Gasteiger partial charge in [-0.05, 0) is 41.3 Å². The number of rotatable bonds is 2. The number of fused-ring (bicyclic) bond motifs is 3. The van der Waals surface area contributed by atoms with Crippen LogP contribution < -0.4 is 11.5 Å². The van der Waals surface area contributed by atoms with Gasteiger partial charge in [-0.25, -0.2) is 0 Å². The number of methoxy groups -OCH3 is 1. The highest BCUT2D eigenvalue weighted by Crippen LogP contribution is 2.49. The summed E-state index contributed by atoms with van der Waals surface area (Å²) in [6, 6.07) is 13.5. The number of benzene rings is 2. The van der Waals surface area contributed by atoms with Gasteiger partial charge < -0.3 is 16.2 Å². The highest BCUT2D eigenvalue weighted by molar-refractivity contribution is 6.02. The van der Waals surface area contributed by atoms with Crippen molar-refractivity contribution in [3.63, 3.8) is 0 Å². The molecule has 1 amide bonds. The van der Waals surface area contributed by atoms with Crippen LogP contribution in [0.5, 0.6) is 0 Å². The molecule has 2 aromatic carbocycles. The van der Waals surface area contributed by atoms with Crippen molar-refractivity contribution in [2.75, 3.05) is 7.11 Å².